The van der Waals surface area contributed by atoms with Crippen LogP contribution in [-0.4, -0.2) is 17.3 Å². The molecule has 2 rings (SSSR count). The second-order valence-corrected chi connectivity index (χ2v) is 3.46. The normalized spacial score (nSPS) is 17.2. The summed E-state index contributed by atoms with van der Waals surface area (Å²) in [7, 11) is 0. The first-order valence-corrected chi connectivity index (χ1v) is 4.60. The first-order valence-electron chi connectivity index (χ1n) is 3.45. The van der Waals surface area contributed by atoms with Crippen LogP contribution in [0.4, 0.5) is 5.82 Å². The van der Waals surface area contributed by atoms with E-state index in [0.29, 0.717) is 0 Å². The molecule has 0 spiro atoms. The highest BCUT2D eigenvalue weighted by Crippen LogP contribution is 2.22. The molecule has 0 aromatic carbocycles. The summed E-state index contributed by atoms with van der Waals surface area (Å²) in [6.45, 7) is 1.08. The van der Waals surface area contributed by atoms with E-state index >= 15 is 0 Å². The van der Waals surface area contributed by atoms with Crippen LogP contribution in [0, 0.1) is 0 Å². The van der Waals surface area contributed by atoms with E-state index in [0.717, 1.165) is 12.3 Å². The van der Waals surface area contributed by atoms with Gasteiger partial charge in [0.2, 0.25) is 0 Å². The van der Waals surface area contributed by atoms with Crippen molar-refractivity contribution in [1.82, 2.24) is 4.98 Å². The van der Waals surface area contributed by atoms with Gasteiger partial charge in [0.25, 0.3) is 0 Å². The van der Waals surface area contributed by atoms with Gasteiger partial charge in [-0.15, -0.1) is 0 Å². The molecule has 1 aromatic heterocycles. The first-order chi connectivity index (χ1) is 4.97. The average Bonchev–Trinajstić information content (AvgIpc) is 2.28. The minimum Gasteiger partial charge on any atom is -0.371 e. The largest absolute Gasteiger partial charge is 0.371 e. The molecular weight excluding hydrogens is 144 g/mol. The molecule has 0 amide bonds. The molecule has 0 fully saturated rings. The highest BCUT2D eigenvalue weighted by atomic mass is 32.2. The third-order valence-electron chi connectivity index (χ3n) is 1.64. The molecule has 2 heterocycles. The van der Waals surface area contributed by atoms with Gasteiger partial charge in [0.15, 0.2) is 0 Å². The van der Waals surface area contributed by atoms with Gasteiger partial charge in [0, 0.05) is 29.8 Å². The first kappa shape index (κ1) is 6.16. The molecule has 1 aliphatic heterocycles. The molecule has 1 aliphatic rings. The van der Waals surface area contributed by atoms with Gasteiger partial charge in [-0.1, -0.05) is 0 Å². The summed E-state index contributed by atoms with van der Waals surface area (Å²) in [6.07, 6.45) is 1.99. The molecule has 1 aromatic rings. The summed E-state index contributed by atoms with van der Waals surface area (Å²) < 4.78 is 0. The quantitative estimate of drug-likeness (QED) is 0.595. The second kappa shape index (κ2) is 2.58. The highest BCUT2D eigenvalue weighted by Gasteiger charge is 2.06. The molecule has 0 saturated heterocycles. The lowest BCUT2D eigenvalue weighted by Gasteiger charge is -1.98. The summed E-state index contributed by atoms with van der Waals surface area (Å²) in [5.41, 5.74) is 1.41. The van der Waals surface area contributed by atoms with Gasteiger partial charge < -0.3 is 10.3 Å². The van der Waals surface area contributed by atoms with Crippen molar-refractivity contribution >= 4 is 17.6 Å². The monoisotopic (exact) mass is 154 g/mol. The molecule has 2 N–H and O–H groups in total. The van der Waals surface area contributed by atoms with E-state index < -0.39 is 0 Å². The van der Waals surface area contributed by atoms with Crippen LogP contribution in [0.15, 0.2) is 12.3 Å². The number of rotatable bonds is 0. The van der Waals surface area contributed by atoms with Crippen LogP contribution in [0.2, 0.25) is 0 Å². The zero-order valence-corrected chi connectivity index (χ0v) is 6.50. The number of nitrogens with one attached hydrogen (secondary N) is 2. The predicted octanol–water partition coefficient (Wildman–Crippen LogP) is 1.67. The Morgan fingerprint density at radius 1 is 1.50 bits per heavy atom. The third kappa shape index (κ3) is 1.01. The van der Waals surface area contributed by atoms with Crippen LogP contribution in [0.3, 0.4) is 0 Å². The van der Waals surface area contributed by atoms with Crippen LogP contribution < -0.4 is 5.32 Å². The number of hydrogen-bond acceptors (Lipinski definition) is 2. The molecular formula is C7H10N2S. The molecule has 54 valence electrons. The number of hydrogen-bond donors (Lipinski definition) is 2. The number of H-pyrrole nitrogens is 1. The Hall–Kier alpha value is -0.570. The molecule has 2 nitrogen and oxygen atoms in total. The van der Waals surface area contributed by atoms with E-state index in [4.69, 9.17) is 0 Å². The fourth-order valence-corrected chi connectivity index (χ4v) is 1.97. The summed E-state index contributed by atoms with van der Waals surface area (Å²) >= 11 is 1.98. The number of thioether (sulfide) groups is 1. The lowest BCUT2D eigenvalue weighted by atomic mass is 10.3. The van der Waals surface area contributed by atoms with E-state index in [2.05, 4.69) is 16.4 Å². The van der Waals surface area contributed by atoms with Crippen molar-refractivity contribution in [3.8, 4) is 0 Å². The molecule has 0 atom stereocenters. The third-order valence-corrected chi connectivity index (χ3v) is 2.65. The molecule has 0 bridgehead atoms. The van der Waals surface area contributed by atoms with Gasteiger partial charge in [-0.3, -0.25) is 0 Å². The number of anilines is 1. The summed E-state index contributed by atoms with van der Waals surface area (Å²) in [4.78, 5) is 3.17. The van der Waals surface area contributed by atoms with Gasteiger partial charge >= 0.3 is 0 Å². The van der Waals surface area contributed by atoms with Crippen molar-refractivity contribution < 1.29 is 0 Å². The minimum absolute atomic E-state index is 1.08. The van der Waals surface area contributed by atoms with Crippen molar-refractivity contribution in [1.29, 1.82) is 0 Å². The van der Waals surface area contributed by atoms with Crippen LogP contribution in [-0.2, 0) is 5.75 Å². The Morgan fingerprint density at radius 3 is 3.50 bits per heavy atom. The van der Waals surface area contributed by atoms with E-state index in [9.17, 15) is 0 Å². The van der Waals surface area contributed by atoms with Gasteiger partial charge in [0.05, 0.1) is 0 Å². The lowest BCUT2D eigenvalue weighted by Crippen LogP contribution is -2.01. The maximum atomic E-state index is 3.33. The maximum Gasteiger partial charge on any atom is 0.107 e. The smallest absolute Gasteiger partial charge is 0.107 e. The minimum atomic E-state index is 1.08. The van der Waals surface area contributed by atoms with Crippen LogP contribution in [0.1, 0.15) is 5.56 Å². The number of fused-ring (bicyclic) bond motifs is 1. The molecule has 10 heavy (non-hydrogen) atoms. The van der Waals surface area contributed by atoms with Crippen molar-refractivity contribution in [2.24, 2.45) is 0 Å². The highest BCUT2D eigenvalue weighted by molar-refractivity contribution is 7.98. The van der Waals surface area contributed by atoms with Gasteiger partial charge in [-0.05, 0) is 6.07 Å². The Bertz CT molecular complexity index is 199. The molecule has 0 unspecified atom stereocenters. The Morgan fingerprint density at radius 2 is 2.50 bits per heavy atom. The fraction of sp³-hybridized carbons (Fsp3) is 0.429. The topological polar surface area (TPSA) is 27.8 Å². The van der Waals surface area contributed by atoms with Crippen molar-refractivity contribution in [3.63, 3.8) is 0 Å². The Kier molecular flexibility index (Phi) is 1.59. The van der Waals surface area contributed by atoms with E-state index in [-0.39, 0.29) is 0 Å². The zero-order chi connectivity index (χ0) is 6.81. The predicted molar refractivity (Wildman–Crippen MR) is 45.4 cm³/mol. The molecule has 3 heteroatoms. The van der Waals surface area contributed by atoms with Crippen LogP contribution in [0.25, 0.3) is 0 Å². The van der Waals surface area contributed by atoms with Gasteiger partial charge in [-0.2, -0.15) is 11.8 Å². The second-order valence-electron chi connectivity index (χ2n) is 2.36. The van der Waals surface area contributed by atoms with Crippen LogP contribution in [0.5, 0.6) is 0 Å². The summed E-state index contributed by atoms with van der Waals surface area (Å²) in [5.74, 6) is 3.57. The Labute approximate surface area is 64.4 Å². The standard InChI is InChI=1S/C7H10N2S/c1-2-8-7-6(1)5-10-4-3-9-7/h1-2,8-9H,3-5H2. The lowest BCUT2D eigenvalue weighted by molar-refractivity contribution is 1.19. The number of aromatic nitrogens is 1. The SMILES string of the molecule is c1cc2c([nH]1)NCCSC2. The van der Waals surface area contributed by atoms with E-state index in [1.54, 1.807) is 0 Å². The van der Waals surface area contributed by atoms with E-state index in [1.807, 2.05) is 18.0 Å². The summed E-state index contributed by atoms with van der Waals surface area (Å²) in [5, 5.41) is 3.33. The molecule has 0 saturated carbocycles. The van der Waals surface area contributed by atoms with Crippen molar-refractivity contribution in [2.45, 2.75) is 5.75 Å². The zero-order valence-electron chi connectivity index (χ0n) is 5.68. The van der Waals surface area contributed by atoms with Crippen LogP contribution >= 0.6 is 11.8 Å². The molecule has 0 aliphatic carbocycles. The van der Waals surface area contributed by atoms with Crippen molar-refractivity contribution in [3.05, 3.63) is 17.8 Å². The van der Waals surface area contributed by atoms with Gasteiger partial charge in [0.1, 0.15) is 5.82 Å². The van der Waals surface area contributed by atoms with E-state index in [1.165, 1.54) is 17.1 Å². The fourth-order valence-electron chi connectivity index (χ4n) is 1.12. The average molecular weight is 154 g/mol. The molecule has 0 radical (unpaired) electrons. The van der Waals surface area contributed by atoms with Crippen molar-refractivity contribution in [2.75, 3.05) is 17.6 Å². The maximum absolute atomic E-state index is 3.33. The Balaban J connectivity index is 2.28. The summed E-state index contributed by atoms with van der Waals surface area (Å²) in [6, 6.07) is 2.14. The van der Waals surface area contributed by atoms with Gasteiger partial charge in [-0.25, -0.2) is 0 Å². The number of aromatic amines is 1.